The van der Waals surface area contributed by atoms with Gasteiger partial charge in [-0.05, 0) is 37.3 Å². The average Bonchev–Trinajstić information content (AvgIpc) is 2.46. The van der Waals surface area contributed by atoms with Gasteiger partial charge in [0.05, 0.1) is 10.6 Å². The first-order valence-corrected chi connectivity index (χ1v) is 8.52. The van der Waals surface area contributed by atoms with Crippen molar-refractivity contribution in [3.05, 3.63) is 58.3 Å². The monoisotopic (exact) mass is 385 g/mol. The number of benzene rings is 2. The molecule has 2 rings (SSSR count). The highest BCUT2D eigenvalue weighted by Gasteiger charge is 2.23. The molecular weight excluding hydrogens is 373 g/mol. The first kappa shape index (κ1) is 16.6. The third kappa shape index (κ3) is 3.20. The van der Waals surface area contributed by atoms with Crippen molar-refractivity contribution in [1.29, 1.82) is 0 Å². The minimum Gasteiger partial charge on any atom is -0.295 e. The van der Waals surface area contributed by atoms with Crippen LogP contribution in [0.15, 0.2) is 51.8 Å². The van der Waals surface area contributed by atoms with Crippen molar-refractivity contribution in [2.45, 2.75) is 11.8 Å². The third-order valence-electron chi connectivity index (χ3n) is 3.17. The minimum absolute atomic E-state index is 0.0117. The van der Waals surface area contributed by atoms with Crippen LogP contribution in [-0.2, 0) is 10.0 Å². The highest BCUT2D eigenvalue weighted by atomic mass is 79.9. The Morgan fingerprint density at radius 2 is 1.73 bits per heavy atom. The van der Waals surface area contributed by atoms with E-state index in [-0.39, 0.29) is 16.4 Å². The van der Waals surface area contributed by atoms with E-state index in [1.54, 1.807) is 6.07 Å². The Morgan fingerprint density at radius 3 is 2.23 bits per heavy atom. The molecule has 0 spiro atoms. The smallest absolute Gasteiger partial charge is 0.264 e. The van der Waals surface area contributed by atoms with Crippen molar-refractivity contribution >= 4 is 37.4 Å². The van der Waals surface area contributed by atoms with Gasteiger partial charge >= 0.3 is 0 Å². The van der Waals surface area contributed by atoms with Crippen LogP contribution in [0.1, 0.15) is 17.3 Å². The summed E-state index contributed by atoms with van der Waals surface area (Å²) in [5, 5.41) is 0. The fraction of sp³-hybridized carbons (Fsp3) is 0.133. The number of Topliss-reactive ketones (excluding diaryl/α,β-unsaturated/α-hetero) is 1. The highest BCUT2D eigenvalue weighted by molar-refractivity contribution is 9.10. The zero-order chi connectivity index (χ0) is 16.5. The van der Waals surface area contributed by atoms with Gasteiger partial charge < -0.3 is 0 Å². The quantitative estimate of drug-likeness (QED) is 0.755. The number of halogens is 2. The second-order valence-electron chi connectivity index (χ2n) is 4.65. The van der Waals surface area contributed by atoms with E-state index < -0.39 is 15.8 Å². The molecule has 2 aromatic carbocycles. The van der Waals surface area contributed by atoms with Crippen molar-refractivity contribution in [3.63, 3.8) is 0 Å². The molecule has 0 amide bonds. The number of rotatable bonds is 4. The molecule has 0 unspecified atom stereocenters. The molecule has 0 radical (unpaired) electrons. The number of carbonyl (C=O) groups is 1. The Morgan fingerprint density at radius 1 is 1.14 bits per heavy atom. The summed E-state index contributed by atoms with van der Waals surface area (Å²) in [6, 6.07) is 9.66. The van der Waals surface area contributed by atoms with E-state index in [1.807, 2.05) is 0 Å². The molecule has 0 N–H and O–H groups in total. The molecular formula is C15H13BrFNO3S. The Bertz CT molecular complexity index is 819. The third-order valence-corrected chi connectivity index (χ3v) is 5.45. The average molecular weight is 386 g/mol. The van der Waals surface area contributed by atoms with Crippen LogP contribution in [-0.4, -0.2) is 21.2 Å². The predicted octanol–water partition coefficient (Wildman–Crippen LogP) is 3.62. The Balaban J connectivity index is 2.42. The maximum absolute atomic E-state index is 13.9. The molecule has 7 heteroatoms. The van der Waals surface area contributed by atoms with Crippen molar-refractivity contribution in [2.75, 3.05) is 11.4 Å². The lowest BCUT2D eigenvalue weighted by atomic mass is 10.2. The molecule has 2 aromatic rings. The number of carbonyl (C=O) groups excluding carboxylic acids is 1. The van der Waals surface area contributed by atoms with Gasteiger partial charge in [-0.1, -0.05) is 28.1 Å². The van der Waals surface area contributed by atoms with Gasteiger partial charge in [-0.3, -0.25) is 9.10 Å². The maximum atomic E-state index is 13.9. The number of ketones is 1. The topological polar surface area (TPSA) is 54.5 Å². The Hall–Kier alpha value is -1.73. The van der Waals surface area contributed by atoms with E-state index in [9.17, 15) is 17.6 Å². The summed E-state index contributed by atoms with van der Waals surface area (Å²) in [6.07, 6.45) is 0. The number of anilines is 1. The normalized spacial score (nSPS) is 11.3. The molecule has 0 aromatic heterocycles. The summed E-state index contributed by atoms with van der Waals surface area (Å²) < 4.78 is 40.4. The van der Waals surface area contributed by atoms with Gasteiger partial charge in [0, 0.05) is 17.1 Å². The minimum atomic E-state index is -3.90. The van der Waals surface area contributed by atoms with Crippen LogP contribution in [0.3, 0.4) is 0 Å². The molecule has 0 heterocycles. The summed E-state index contributed by atoms with van der Waals surface area (Å²) in [4.78, 5) is 11.2. The number of sulfonamides is 1. The molecule has 22 heavy (non-hydrogen) atoms. The summed E-state index contributed by atoms with van der Waals surface area (Å²) in [6.45, 7) is 1.40. The van der Waals surface area contributed by atoms with Gasteiger partial charge in [-0.2, -0.15) is 0 Å². The van der Waals surface area contributed by atoms with Crippen LogP contribution in [0, 0.1) is 5.82 Å². The Labute approximate surface area is 136 Å². The van der Waals surface area contributed by atoms with Crippen molar-refractivity contribution in [2.24, 2.45) is 0 Å². The van der Waals surface area contributed by atoms with Crippen molar-refractivity contribution in [3.8, 4) is 0 Å². The van der Waals surface area contributed by atoms with Crippen LogP contribution >= 0.6 is 15.9 Å². The van der Waals surface area contributed by atoms with E-state index in [4.69, 9.17) is 0 Å². The van der Waals surface area contributed by atoms with Crippen LogP contribution in [0.4, 0.5) is 10.1 Å². The van der Waals surface area contributed by atoms with Gasteiger partial charge in [-0.25, -0.2) is 12.8 Å². The fourth-order valence-corrected chi connectivity index (χ4v) is 3.42. The molecule has 0 aliphatic carbocycles. The molecule has 0 aliphatic heterocycles. The molecule has 0 saturated carbocycles. The van der Waals surface area contributed by atoms with Gasteiger partial charge in [0.15, 0.2) is 5.78 Å². The zero-order valence-electron chi connectivity index (χ0n) is 11.9. The molecule has 0 atom stereocenters. The van der Waals surface area contributed by atoms with Gasteiger partial charge in [0.1, 0.15) is 5.82 Å². The molecule has 116 valence electrons. The lowest BCUT2D eigenvalue weighted by Gasteiger charge is -2.20. The van der Waals surface area contributed by atoms with E-state index in [0.29, 0.717) is 10.0 Å². The molecule has 0 aliphatic rings. The summed E-state index contributed by atoms with van der Waals surface area (Å²) in [7, 11) is -2.62. The SMILES string of the molecule is CC(=O)c1ccc(S(=O)(=O)N(C)c2ccc(Br)cc2F)cc1. The second-order valence-corrected chi connectivity index (χ2v) is 7.53. The summed E-state index contributed by atoms with van der Waals surface area (Å²) in [5.74, 6) is -0.808. The summed E-state index contributed by atoms with van der Waals surface area (Å²) >= 11 is 3.12. The Kier molecular flexibility index (Phi) is 4.67. The van der Waals surface area contributed by atoms with E-state index in [1.165, 1.54) is 50.4 Å². The van der Waals surface area contributed by atoms with Crippen LogP contribution in [0.5, 0.6) is 0 Å². The fourth-order valence-electron chi connectivity index (χ4n) is 1.89. The number of nitrogens with zero attached hydrogens (tertiary/aromatic N) is 1. The van der Waals surface area contributed by atoms with Crippen LogP contribution in [0.25, 0.3) is 0 Å². The number of hydrogen-bond acceptors (Lipinski definition) is 3. The first-order valence-electron chi connectivity index (χ1n) is 6.28. The van der Waals surface area contributed by atoms with E-state index in [2.05, 4.69) is 15.9 Å². The zero-order valence-corrected chi connectivity index (χ0v) is 14.3. The standard InChI is InChI=1S/C15H13BrFNO3S/c1-10(19)11-3-6-13(7-4-11)22(20,21)18(2)15-8-5-12(16)9-14(15)17/h3-9H,1-2H3. The predicted molar refractivity (Wildman–Crippen MR) is 86.1 cm³/mol. The van der Waals surface area contributed by atoms with E-state index in [0.717, 1.165) is 4.31 Å². The van der Waals surface area contributed by atoms with Crippen molar-refractivity contribution < 1.29 is 17.6 Å². The summed E-state index contributed by atoms with van der Waals surface area (Å²) in [5.41, 5.74) is 0.357. The molecule has 4 nitrogen and oxygen atoms in total. The van der Waals surface area contributed by atoms with Crippen LogP contribution < -0.4 is 4.31 Å². The van der Waals surface area contributed by atoms with Crippen LogP contribution in [0.2, 0.25) is 0 Å². The lowest BCUT2D eigenvalue weighted by molar-refractivity contribution is 0.101. The van der Waals surface area contributed by atoms with Crippen molar-refractivity contribution in [1.82, 2.24) is 0 Å². The molecule has 0 fully saturated rings. The van der Waals surface area contributed by atoms with Gasteiger partial charge in [-0.15, -0.1) is 0 Å². The highest BCUT2D eigenvalue weighted by Crippen LogP contribution is 2.27. The van der Waals surface area contributed by atoms with Gasteiger partial charge in [0.2, 0.25) is 0 Å². The van der Waals surface area contributed by atoms with Gasteiger partial charge in [0.25, 0.3) is 10.0 Å². The molecule has 0 bridgehead atoms. The largest absolute Gasteiger partial charge is 0.295 e. The first-order chi connectivity index (χ1) is 10.2. The second kappa shape index (κ2) is 6.18. The molecule has 0 saturated heterocycles. The number of hydrogen-bond donors (Lipinski definition) is 0. The lowest BCUT2D eigenvalue weighted by Crippen LogP contribution is -2.27. The van der Waals surface area contributed by atoms with E-state index >= 15 is 0 Å². The maximum Gasteiger partial charge on any atom is 0.264 e.